The summed E-state index contributed by atoms with van der Waals surface area (Å²) in [7, 11) is 1.47. The number of carbonyl (C=O) groups is 1. The number of anilines is 1. The van der Waals surface area contributed by atoms with Crippen LogP contribution >= 0.6 is 0 Å². The summed E-state index contributed by atoms with van der Waals surface area (Å²) in [5.74, 6) is -0.464. The van der Waals surface area contributed by atoms with Crippen LogP contribution in [0.3, 0.4) is 0 Å². The second-order valence-electron chi connectivity index (χ2n) is 4.51. The van der Waals surface area contributed by atoms with Crippen molar-refractivity contribution >= 4 is 11.6 Å². The van der Waals surface area contributed by atoms with Gasteiger partial charge in [0.25, 0.3) is 5.91 Å². The normalized spacial score (nSPS) is 21.1. The highest BCUT2D eigenvalue weighted by molar-refractivity contribution is 6.00. The van der Waals surface area contributed by atoms with Gasteiger partial charge in [-0.05, 0) is 24.6 Å². The molecule has 1 heterocycles. The van der Waals surface area contributed by atoms with Gasteiger partial charge in [0, 0.05) is 24.5 Å². The van der Waals surface area contributed by atoms with Crippen molar-refractivity contribution in [3.63, 3.8) is 0 Å². The maximum Gasteiger partial charge on any atom is 0.266 e. The van der Waals surface area contributed by atoms with Gasteiger partial charge in [-0.15, -0.1) is 0 Å². The number of benzene rings is 1. The Balaban J connectivity index is 2.37. The van der Waals surface area contributed by atoms with E-state index in [0.29, 0.717) is 11.1 Å². The smallest absolute Gasteiger partial charge is 0.266 e. The lowest BCUT2D eigenvalue weighted by Gasteiger charge is -2.31. The maximum absolute atomic E-state index is 11.8. The van der Waals surface area contributed by atoms with Crippen molar-refractivity contribution < 1.29 is 9.90 Å². The summed E-state index contributed by atoms with van der Waals surface area (Å²) in [6, 6.07) is 11.3. The molecule has 0 saturated carbocycles. The molecule has 0 saturated heterocycles. The Morgan fingerprint density at radius 3 is 2.65 bits per heavy atom. The maximum atomic E-state index is 11.8. The lowest BCUT2D eigenvalue weighted by Crippen LogP contribution is -2.43. The zero-order valence-corrected chi connectivity index (χ0v) is 11.3. The molecular weight excluding hydrogens is 254 g/mol. The van der Waals surface area contributed by atoms with Crippen molar-refractivity contribution in [2.45, 2.75) is 13.2 Å². The molecule has 1 aliphatic heterocycles. The fraction of sp³-hybridized carbons (Fsp3) is 0.200. The summed E-state index contributed by atoms with van der Waals surface area (Å²) < 4.78 is 0. The van der Waals surface area contributed by atoms with Crippen LogP contribution in [0.15, 0.2) is 53.3 Å². The van der Waals surface area contributed by atoms with E-state index >= 15 is 0 Å². The minimum absolute atomic E-state index is 0.0545. The highest BCUT2D eigenvalue weighted by Gasteiger charge is 2.32. The molecule has 20 heavy (non-hydrogen) atoms. The number of nitrogens with zero attached hydrogens (tertiary/aromatic N) is 2. The van der Waals surface area contributed by atoms with Crippen molar-refractivity contribution in [3.8, 4) is 6.07 Å². The topological polar surface area (TPSA) is 76.4 Å². The van der Waals surface area contributed by atoms with Crippen molar-refractivity contribution in [2.24, 2.45) is 0 Å². The molecule has 0 radical (unpaired) electrons. The van der Waals surface area contributed by atoms with Crippen LogP contribution in [0.25, 0.3) is 0 Å². The first kappa shape index (κ1) is 13.8. The summed E-state index contributed by atoms with van der Waals surface area (Å²) in [4.78, 5) is 13.0. The number of carbonyl (C=O) groups excluding carboxylic acids is 1. The predicted octanol–water partition coefficient (Wildman–Crippen LogP) is 1.61. The van der Waals surface area contributed by atoms with Crippen LogP contribution in [0.1, 0.15) is 6.92 Å². The molecule has 1 unspecified atom stereocenters. The van der Waals surface area contributed by atoms with Gasteiger partial charge in [-0.3, -0.25) is 4.79 Å². The number of amides is 1. The second-order valence-corrected chi connectivity index (χ2v) is 4.51. The van der Waals surface area contributed by atoms with Gasteiger partial charge in [0.15, 0.2) is 6.23 Å². The van der Waals surface area contributed by atoms with E-state index in [1.165, 1.54) is 7.05 Å². The number of hydrogen-bond donors (Lipinski definition) is 2. The van der Waals surface area contributed by atoms with Gasteiger partial charge in [-0.1, -0.05) is 18.2 Å². The Labute approximate surface area is 117 Å². The van der Waals surface area contributed by atoms with E-state index < -0.39 is 12.1 Å². The summed E-state index contributed by atoms with van der Waals surface area (Å²) >= 11 is 0. The van der Waals surface area contributed by atoms with Crippen LogP contribution in [0.4, 0.5) is 5.69 Å². The molecule has 2 rings (SSSR count). The van der Waals surface area contributed by atoms with E-state index in [4.69, 9.17) is 5.26 Å². The molecule has 0 aliphatic carbocycles. The average molecular weight is 269 g/mol. The van der Waals surface area contributed by atoms with Crippen LogP contribution in [-0.2, 0) is 4.79 Å². The Morgan fingerprint density at radius 1 is 1.40 bits per heavy atom. The summed E-state index contributed by atoms with van der Waals surface area (Å²) in [5, 5.41) is 22.2. The van der Waals surface area contributed by atoms with Crippen molar-refractivity contribution in [2.75, 3.05) is 12.4 Å². The molecule has 1 aliphatic rings. The Hall–Kier alpha value is -2.58. The summed E-state index contributed by atoms with van der Waals surface area (Å²) in [6.07, 6.45) is 0.561. The van der Waals surface area contributed by atoms with Crippen molar-refractivity contribution in [1.82, 2.24) is 4.90 Å². The lowest BCUT2D eigenvalue weighted by atomic mass is 9.96. The Morgan fingerprint density at radius 2 is 2.05 bits per heavy atom. The van der Waals surface area contributed by atoms with Crippen molar-refractivity contribution in [1.29, 1.82) is 5.26 Å². The molecule has 0 spiro atoms. The molecule has 0 bridgehead atoms. The van der Waals surface area contributed by atoms with Crippen LogP contribution in [-0.4, -0.2) is 29.2 Å². The number of aliphatic hydroxyl groups is 1. The van der Waals surface area contributed by atoms with E-state index in [9.17, 15) is 9.90 Å². The molecule has 1 atom stereocenters. The van der Waals surface area contributed by atoms with E-state index in [1.54, 1.807) is 13.1 Å². The van der Waals surface area contributed by atoms with Gasteiger partial charge in [0.05, 0.1) is 0 Å². The molecule has 1 aromatic rings. The SMILES string of the molecule is CC1=C(C#N)C(=O)N(C)C(O)C1=CNc1ccccc1. The Kier molecular flexibility index (Phi) is 3.87. The molecule has 0 aromatic heterocycles. The fourth-order valence-corrected chi connectivity index (χ4v) is 2.00. The number of nitrogens with one attached hydrogen (secondary N) is 1. The van der Waals surface area contributed by atoms with E-state index in [2.05, 4.69) is 5.32 Å². The average Bonchev–Trinajstić information content (AvgIpc) is 2.47. The zero-order valence-electron chi connectivity index (χ0n) is 11.3. The third-order valence-corrected chi connectivity index (χ3v) is 3.27. The van der Waals surface area contributed by atoms with Gasteiger partial charge >= 0.3 is 0 Å². The number of para-hydroxylation sites is 1. The molecule has 5 nitrogen and oxygen atoms in total. The van der Waals surface area contributed by atoms with Crippen LogP contribution in [0, 0.1) is 11.3 Å². The molecule has 1 amide bonds. The van der Waals surface area contributed by atoms with E-state index in [0.717, 1.165) is 10.6 Å². The number of rotatable bonds is 2. The monoisotopic (exact) mass is 269 g/mol. The molecule has 5 heteroatoms. The first-order valence-electron chi connectivity index (χ1n) is 6.14. The number of aliphatic hydroxyl groups excluding tert-OH is 1. The highest BCUT2D eigenvalue weighted by atomic mass is 16.3. The number of nitriles is 1. The van der Waals surface area contributed by atoms with Gasteiger partial charge in [0.1, 0.15) is 11.6 Å². The fourth-order valence-electron chi connectivity index (χ4n) is 2.00. The molecule has 1 aromatic carbocycles. The quantitative estimate of drug-likeness (QED) is 0.855. The standard InChI is InChI=1S/C15H15N3O2/c1-10-12(8-16)14(19)18(2)15(20)13(10)9-17-11-6-4-3-5-7-11/h3-7,9,15,17,20H,1-2H3. The molecule has 102 valence electrons. The summed E-state index contributed by atoms with van der Waals surface area (Å²) in [6.45, 7) is 1.66. The minimum atomic E-state index is -1.06. The minimum Gasteiger partial charge on any atom is -0.369 e. The highest BCUT2D eigenvalue weighted by Crippen LogP contribution is 2.26. The van der Waals surface area contributed by atoms with E-state index in [-0.39, 0.29) is 5.57 Å². The zero-order chi connectivity index (χ0) is 14.7. The molecular formula is C15H15N3O2. The second kappa shape index (κ2) is 5.59. The molecule has 0 fully saturated rings. The summed E-state index contributed by atoms with van der Waals surface area (Å²) in [5.41, 5.74) is 1.91. The number of hydrogen-bond acceptors (Lipinski definition) is 4. The van der Waals surface area contributed by atoms with Crippen LogP contribution in [0.2, 0.25) is 0 Å². The van der Waals surface area contributed by atoms with Gasteiger partial charge in [-0.25, -0.2) is 0 Å². The first-order valence-corrected chi connectivity index (χ1v) is 6.14. The third kappa shape index (κ3) is 2.42. The van der Waals surface area contributed by atoms with Crippen LogP contribution in [0.5, 0.6) is 0 Å². The van der Waals surface area contributed by atoms with Crippen LogP contribution < -0.4 is 5.32 Å². The van der Waals surface area contributed by atoms with Gasteiger partial charge < -0.3 is 15.3 Å². The van der Waals surface area contributed by atoms with Gasteiger partial charge in [0.2, 0.25) is 0 Å². The molecule has 2 N–H and O–H groups in total. The number of likely N-dealkylation sites (N-methyl/N-ethyl adjacent to an activating group) is 1. The largest absolute Gasteiger partial charge is 0.369 e. The van der Waals surface area contributed by atoms with Crippen molar-refractivity contribution in [3.05, 3.63) is 53.3 Å². The predicted molar refractivity (Wildman–Crippen MR) is 75.2 cm³/mol. The lowest BCUT2D eigenvalue weighted by molar-refractivity contribution is -0.133. The Bertz CT molecular complexity index is 626. The van der Waals surface area contributed by atoms with Gasteiger partial charge in [-0.2, -0.15) is 5.26 Å². The third-order valence-electron chi connectivity index (χ3n) is 3.27. The van der Waals surface area contributed by atoms with E-state index in [1.807, 2.05) is 36.4 Å². The first-order chi connectivity index (χ1) is 9.56.